The Balaban J connectivity index is 2.33. The molecule has 0 saturated carbocycles. The van der Waals surface area contributed by atoms with Crippen molar-refractivity contribution in [2.24, 2.45) is 0 Å². The molecule has 0 aromatic heterocycles. The van der Waals surface area contributed by atoms with E-state index in [1.54, 1.807) is 0 Å². The Morgan fingerprint density at radius 2 is 1.92 bits per heavy atom. The minimum absolute atomic E-state index is 0.388. The van der Waals surface area contributed by atoms with Crippen molar-refractivity contribution in [2.45, 2.75) is 33.0 Å². The Morgan fingerprint density at radius 1 is 1.33 bits per heavy atom. The maximum absolute atomic E-state index is 5.63. The molecular formula is C10H19NO. The molecule has 0 radical (unpaired) electrons. The van der Waals surface area contributed by atoms with Crippen LogP contribution in [-0.4, -0.2) is 36.7 Å². The Labute approximate surface area is 75.2 Å². The van der Waals surface area contributed by atoms with E-state index in [0.717, 1.165) is 19.6 Å². The van der Waals surface area contributed by atoms with E-state index in [4.69, 9.17) is 4.74 Å². The van der Waals surface area contributed by atoms with Crippen LogP contribution >= 0.6 is 0 Å². The molecule has 1 aliphatic heterocycles. The van der Waals surface area contributed by atoms with E-state index >= 15 is 0 Å². The lowest BCUT2D eigenvalue weighted by atomic mass is 10.2. The van der Waals surface area contributed by atoms with Crippen molar-refractivity contribution in [1.82, 2.24) is 4.90 Å². The van der Waals surface area contributed by atoms with Crippen LogP contribution in [0.5, 0.6) is 0 Å². The standard InChI is InChI=1S/C10H19NO/c1-4-5-6-11-7-9(2)12-10(3)8-11/h4-5,9-10H,6-8H2,1-3H3/b5-4+/t9-,10+. The fraction of sp³-hybridized carbons (Fsp3) is 0.800. The van der Waals surface area contributed by atoms with Gasteiger partial charge in [0.2, 0.25) is 0 Å². The summed E-state index contributed by atoms with van der Waals surface area (Å²) in [6.07, 6.45) is 5.08. The number of nitrogens with zero attached hydrogens (tertiary/aromatic N) is 1. The van der Waals surface area contributed by atoms with E-state index < -0.39 is 0 Å². The largest absolute Gasteiger partial charge is 0.373 e. The summed E-state index contributed by atoms with van der Waals surface area (Å²) in [6, 6.07) is 0. The smallest absolute Gasteiger partial charge is 0.0678 e. The predicted molar refractivity (Wildman–Crippen MR) is 51.3 cm³/mol. The normalized spacial score (nSPS) is 32.9. The molecule has 1 rings (SSSR count). The number of allylic oxidation sites excluding steroid dienone is 1. The number of morpholine rings is 1. The van der Waals surface area contributed by atoms with E-state index in [2.05, 4.69) is 37.8 Å². The average Bonchev–Trinajstić information content (AvgIpc) is 1.99. The second-order valence-electron chi connectivity index (χ2n) is 3.54. The number of ether oxygens (including phenoxy) is 1. The second-order valence-corrected chi connectivity index (χ2v) is 3.54. The quantitative estimate of drug-likeness (QED) is 0.583. The molecule has 0 aromatic rings. The highest BCUT2D eigenvalue weighted by atomic mass is 16.5. The van der Waals surface area contributed by atoms with E-state index in [-0.39, 0.29) is 0 Å². The van der Waals surface area contributed by atoms with Crippen molar-refractivity contribution >= 4 is 0 Å². The minimum Gasteiger partial charge on any atom is -0.373 e. The summed E-state index contributed by atoms with van der Waals surface area (Å²) in [5.74, 6) is 0. The zero-order valence-electron chi connectivity index (χ0n) is 8.29. The van der Waals surface area contributed by atoms with Crippen LogP contribution in [0.3, 0.4) is 0 Å². The molecule has 0 amide bonds. The molecule has 0 aromatic carbocycles. The van der Waals surface area contributed by atoms with E-state index in [9.17, 15) is 0 Å². The van der Waals surface area contributed by atoms with Gasteiger partial charge in [0.05, 0.1) is 12.2 Å². The van der Waals surface area contributed by atoms with Gasteiger partial charge >= 0.3 is 0 Å². The van der Waals surface area contributed by atoms with Gasteiger partial charge in [-0.05, 0) is 20.8 Å². The molecule has 2 atom stereocenters. The molecule has 12 heavy (non-hydrogen) atoms. The van der Waals surface area contributed by atoms with Crippen LogP contribution in [0.4, 0.5) is 0 Å². The van der Waals surface area contributed by atoms with Crippen molar-refractivity contribution in [3.8, 4) is 0 Å². The van der Waals surface area contributed by atoms with Gasteiger partial charge in [0, 0.05) is 19.6 Å². The Bertz CT molecular complexity index is 146. The van der Waals surface area contributed by atoms with Gasteiger partial charge in [0.15, 0.2) is 0 Å². The van der Waals surface area contributed by atoms with Crippen LogP contribution in [0.15, 0.2) is 12.2 Å². The maximum atomic E-state index is 5.63. The molecule has 2 nitrogen and oxygen atoms in total. The third-order valence-corrected chi connectivity index (χ3v) is 2.09. The van der Waals surface area contributed by atoms with Gasteiger partial charge in [0.25, 0.3) is 0 Å². The zero-order valence-corrected chi connectivity index (χ0v) is 8.29. The van der Waals surface area contributed by atoms with E-state index in [0.29, 0.717) is 12.2 Å². The van der Waals surface area contributed by atoms with Gasteiger partial charge in [-0.25, -0.2) is 0 Å². The van der Waals surface area contributed by atoms with Crippen molar-refractivity contribution in [2.75, 3.05) is 19.6 Å². The lowest BCUT2D eigenvalue weighted by molar-refractivity contribution is -0.0646. The highest BCUT2D eigenvalue weighted by molar-refractivity contribution is 4.84. The van der Waals surface area contributed by atoms with Crippen LogP contribution in [0.1, 0.15) is 20.8 Å². The molecule has 1 aliphatic rings. The summed E-state index contributed by atoms with van der Waals surface area (Å²) in [5.41, 5.74) is 0. The van der Waals surface area contributed by atoms with Crippen LogP contribution < -0.4 is 0 Å². The van der Waals surface area contributed by atoms with Crippen molar-refractivity contribution in [1.29, 1.82) is 0 Å². The topological polar surface area (TPSA) is 12.5 Å². The second kappa shape index (κ2) is 4.63. The van der Waals surface area contributed by atoms with Gasteiger partial charge in [-0.15, -0.1) is 0 Å². The van der Waals surface area contributed by atoms with Crippen molar-refractivity contribution in [3.63, 3.8) is 0 Å². The molecule has 0 aliphatic carbocycles. The van der Waals surface area contributed by atoms with E-state index in [1.165, 1.54) is 0 Å². The predicted octanol–water partition coefficient (Wildman–Crippen LogP) is 1.67. The van der Waals surface area contributed by atoms with Gasteiger partial charge in [-0.1, -0.05) is 12.2 Å². The molecule has 2 heteroatoms. The summed E-state index contributed by atoms with van der Waals surface area (Å²) in [5, 5.41) is 0. The highest BCUT2D eigenvalue weighted by Crippen LogP contribution is 2.09. The zero-order chi connectivity index (χ0) is 8.97. The molecule has 1 heterocycles. The average molecular weight is 169 g/mol. The fourth-order valence-corrected chi connectivity index (χ4v) is 1.69. The molecule has 70 valence electrons. The van der Waals surface area contributed by atoms with E-state index in [1.807, 2.05) is 0 Å². The first kappa shape index (κ1) is 9.75. The molecule has 0 spiro atoms. The molecule has 1 saturated heterocycles. The summed E-state index contributed by atoms with van der Waals surface area (Å²) < 4.78 is 5.63. The monoisotopic (exact) mass is 169 g/mol. The van der Waals surface area contributed by atoms with Crippen LogP contribution in [0, 0.1) is 0 Å². The molecule has 0 bridgehead atoms. The number of rotatable bonds is 2. The number of hydrogen-bond donors (Lipinski definition) is 0. The van der Waals surface area contributed by atoms with Crippen molar-refractivity contribution in [3.05, 3.63) is 12.2 Å². The minimum atomic E-state index is 0.388. The first-order valence-electron chi connectivity index (χ1n) is 4.71. The molecular weight excluding hydrogens is 150 g/mol. The third-order valence-electron chi connectivity index (χ3n) is 2.09. The van der Waals surface area contributed by atoms with Gasteiger partial charge in [-0.3, -0.25) is 4.90 Å². The SMILES string of the molecule is C/C=C/CN1C[C@@H](C)O[C@@H](C)C1. The first-order chi connectivity index (χ1) is 5.72. The van der Waals surface area contributed by atoms with Crippen LogP contribution in [-0.2, 0) is 4.74 Å². The molecule has 1 fully saturated rings. The fourth-order valence-electron chi connectivity index (χ4n) is 1.69. The van der Waals surface area contributed by atoms with Crippen LogP contribution in [0.25, 0.3) is 0 Å². The highest BCUT2D eigenvalue weighted by Gasteiger charge is 2.20. The van der Waals surface area contributed by atoms with Gasteiger partial charge in [-0.2, -0.15) is 0 Å². The first-order valence-corrected chi connectivity index (χ1v) is 4.71. The summed E-state index contributed by atoms with van der Waals surface area (Å²) >= 11 is 0. The molecule has 0 N–H and O–H groups in total. The van der Waals surface area contributed by atoms with Crippen LogP contribution in [0.2, 0.25) is 0 Å². The maximum Gasteiger partial charge on any atom is 0.0678 e. The summed E-state index contributed by atoms with van der Waals surface area (Å²) in [7, 11) is 0. The Kier molecular flexibility index (Phi) is 3.76. The third kappa shape index (κ3) is 2.95. The lowest BCUT2D eigenvalue weighted by Gasteiger charge is -2.34. The number of hydrogen-bond acceptors (Lipinski definition) is 2. The van der Waals surface area contributed by atoms with Crippen molar-refractivity contribution < 1.29 is 4.74 Å². The summed E-state index contributed by atoms with van der Waals surface area (Å²) in [6.45, 7) is 9.53. The lowest BCUT2D eigenvalue weighted by Crippen LogP contribution is -2.45. The Morgan fingerprint density at radius 3 is 2.42 bits per heavy atom. The van der Waals surface area contributed by atoms with Gasteiger partial charge < -0.3 is 4.74 Å². The Hall–Kier alpha value is -0.340. The molecule has 0 unspecified atom stereocenters. The summed E-state index contributed by atoms with van der Waals surface area (Å²) in [4.78, 5) is 2.43. The van der Waals surface area contributed by atoms with Gasteiger partial charge in [0.1, 0.15) is 0 Å².